The molecule has 1 aliphatic carbocycles. The fourth-order valence-corrected chi connectivity index (χ4v) is 3.32. The van der Waals surface area contributed by atoms with Crippen LogP contribution in [0.5, 0.6) is 0 Å². The molecule has 0 bridgehead atoms. The molecule has 0 spiro atoms. The number of hydrogen-bond acceptors (Lipinski definition) is 2. The quantitative estimate of drug-likeness (QED) is 0.817. The van der Waals surface area contributed by atoms with Gasteiger partial charge < -0.3 is 10.2 Å². The number of nitrogens with one attached hydrogen (secondary N) is 1. The molecule has 0 radical (unpaired) electrons. The number of rotatable bonds is 3. The molecule has 1 N–H and O–H groups in total. The van der Waals surface area contributed by atoms with Gasteiger partial charge in [0.05, 0.1) is 5.54 Å². The molecule has 1 unspecified atom stereocenters. The van der Waals surface area contributed by atoms with Gasteiger partial charge in [-0.2, -0.15) is 0 Å². The lowest BCUT2D eigenvalue weighted by Crippen LogP contribution is -2.57. The van der Waals surface area contributed by atoms with E-state index in [4.69, 9.17) is 0 Å². The zero-order valence-electron chi connectivity index (χ0n) is 11.3. The SMILES string of the molecule is CN(CC1CCCC1)C(=O)C1(C)CCCCN1. The average Bonchev–Trinajstić information content (AvgIpc) is 2.81. The Bertz CT molecular complexity index is 265. The Balaban J connectivity index is 1.88. The molecule has 1 amide bonds. The van der Waals surface area contributed by atoms with Crippen molar-refractivity contribution in [3.05, 3.63) is 0 Å². The average molecular weight is 238 g/mol. The van der Waals surface area contributed by atoms with Crippen LogP contribution < -0.4 is 5.32 Å². The van der Waals surface area contributed by atoms with Crippen molar-refractivity contribution in [2.45, 2.75) is 57.4 Å². The van der Waals surface area contributed by atoms with Gasteiger partial charge in [0.1, 0.15) is 0 Å². The van der Waals surface area contributed by atoms with Gasteiger partial charge in [-0.25, -0.2) is 0 Å². The predicted octanol–water partition coefficient (Wildman–Crippen LogP) is 2.17. The molecule has 2 fully saturated rings. The highest BCUT2D eigenvalue weighted by Gasteiger charge is 2.36. The molecule has 3 nitrogen and oxygen atoms in total. The molecule has 2 rings (SSSR count). The second-order valence-electron chi connectivity index (χ2n) is 6.05. The zero-order valence-corrected chi connectivity index (χ0v) is 11.3. The lowest BCUT2D eigenvalue weighted by atomic mass is 9.89. The van der Waals surface area contributed by atoms with Crippen LogP contribution in [0.1, 0.15) is 51.9 Å². The third kappa shape index (κ3) is 3.01. The summed E-state index contributed by atoms with van der Waals surface area (Å²) in [6, 6.07) is 0. The van der Waals surface area contributed by atoms with Crippen LogP contribution in [-0.4, -0.2) is 36.5 Å². The van der Waals surface area contributed by atoms with Gasteiger partial charge in [0, 0.05) is 13.6 Å². The van der Waals surface area contributed by atoms with Gasteiger partial charge in [-0.3, -0.25) is 4.79 Å². The van der Waals surface area contributed by atoms with Crippen LogP contribution in [0.4, 0.5) is 0 Å². The largest absolute Gasteiger partial charge is 0.344 e. The van der Waals surface area contributed by atoms with Crippen molar-refractivity contribution in [2.24, 2.45) is 5.92 Å². The van der Waals surface area contributed by atoms with E-state index in [0.717, 1.165) is 25.4 Å². The number of carbonyl (C=O) groups excluding carboxylic acids is 1. The predicted molar refractivity (Wildman–Crippen MR) is 69.9 cm³/mol. The molecule has 1 aliphatic heterocycles. The Labute approximate surface area is 105 Å². The summed E-state index contributed by atoms with van der Waals surface area (Å²) in [5.41, 5.74) is -0.300. The van der Waals surface area contributed by atoms with Gasteiger partial charge in [0.2, 0.25) is 5.91 Å². The van der Waals surface area contributed by atoms with Gasteiger partial charge in [0.25, 0.3) is 0 Å². The van der Waals surface area contributed by atoms with Crippen molar-refractivity contribution in [1.82, 2.24) is 10.2 Å². The van der Waals surface area contributed by atoms with Crippen molar-refractivity contribution < 1.29 is 4.79 Å². The number of nitrogens with zero attached hydrogens (tertiary/aromatic N) is 1. The molecular weight excluding hydrogens is 212 g/mol. The molecule has 2 aliphatic rings. The van der Waals surface area contributed by atoms with Crippen LogP contribution >= 0.6 is 0 Å². The monoisotopic (exact) mass is 238 g/mol. The Hall–Kier alpha value is -0.570. The summed E-state index contributed by atoms with van der Waals surface area (Å²) in [6.07, 6.45) is 8.68. The molecule has 17 heavy (non-hydrogen) atoms. The first-order valence-electron chi connectivity index (χ1n) is 7.12. The van der Waals surface area contributed by atoms with E-state index in [1.807, 2.05) is 11.9 Å². The maximum Gasteiger partial charge on any atom is 0.242 e. The maximum atomic E-state index is 12.5. The number of piperidine rings is 1. The van der Waals surface area contributed by atoms with E-state index in [1.54, 1.807) is 0 Å². The fourth-order valence-electron chi connectivity index (χ4n) is 3.32. The van der Waals surface area contributed by atoms with Crippen molar-refractivity contribution in [3.8, 4) is 0 Å². The van der Waals surface area contributed by atoms with Crippen molar-refractivity contribution in [2.75, 3.05) is 20.1 Å². The van der Waals surface area contributed by atoms with E-state index >= 15 is 0 Å². The summed E-state index contributed by atoms with van der Waals surface area (Å²) in [5.74, 6) is 1.04. The van der Waals surface area contributed by atoms with Crippen molar-refractivity contribution >= 4 is 5.91 Å². The van der Waals surface area contributed by atoms with E-state index in [-0.39, 0.29) is 5.54 Å². The summed E-state index contributed by atoms with van der Waals surface area (Å²) in [4.78, 5) is 14.4. The van der Waals surface area contributed by atoms with Crippen LogP contribution in [0.2, 0.25) is 0 Å². The Morgan fingerprint density at radius 2 is 2.00 bits per heavy atom. The van der Waals surface area contributed by atoms with E-state index in [2.05, 4.69) is 12.2 Å². The van der Waals surface area contributed by atoms with Crippen molar-refractivity contribution in [3.63, 3.8) is 0 Å². The highest BCUT2D eigenvalue weighted by Crippen LogP contribution is 2.27. The van der Waals surface area contributed by atoms with Crippen LogP contribution in [0, 0.1) is 5.92 Å². The third-order valence-electron chi connectivity index (χ3n) is 4.44. The summed E-state index contributed by atoms with van der Waals surface area (Å²) >= 11 is 0. The smallest absolute Gasteiger partial charge is 0.242 e. The van der Waals surface area contributed by atoms with Gasteiger partial charge in [0.15, 0.2) is 0 Å². The molecule has 1 saturated carbocycles. The van der Waals surface area contributed by atoms with E-state index in [0.29, 0.717) is 5.91 Å². The fraction of sp³-hybridized carbons (Fsp3) is 0.929. The number of hydrogen-bond donors (Lipinski definition) is 1. The molecule has 1 heterocycles. The summed E-state index contributed by atoms with van der Waals surface area (Å²) in [7, 11) is 1.97. The van der Waals surface area contributed by atoms with E-state index in [9.17, 15) is 4.79 Å². The topological polar surface area (TPSA) is 32.3 Å². The number of amides is 1. The minimum atomic E-state index is -0.300. The molecule has 0 aromatic rings. The van der Waals surface area contributed by atoms with Crippen LogP contribution in [0.25, 0.3) is 0 Å². The van der Waals surface area contributed by atoms with Gasteiger partial charge in [-0.1, -0.05) is 12.8 Å². The lowest BCUT2D eigenvalue weighted by Gasteiger charge is -2.37. The highest BCUT2D eigenvalue weighted by molar-refractivity contribution is 5.85. The normalized spacial score (nSPS) is 30.5. The maximum absolute atomic E-state index is 12.5. The van der Waals surface area contributed by atoms with Crippen LogP contribution in [-0.2, 0) is 4.79 Å². The van der Waals surface area contributed by atoms with Gasteiger partial charge >= 0.3 is 0 Å². The molecule has 1 atom stereocenters. The first kappa shape index (κ1) is 12.9. The second kappa shape index (κ2) is 5.38. The lowest BCUT2D eigenvalue weighted by molar-refractivity contribution is -0.137. The Morgan fingerprint density at radius 3 is 2.59 bits per heavy atom. The summed E-state index contributed by atoms with van der Waals surface area (Å²) in [6.45, 7) is 4.01. The van der Waals surface area contributed by atoms with Crippen molar-refractivity contribution in [1.29, 1.82) is 0 Å². The minimum absolute atomic E-state index is 0.295. The standard InChI is InChI=1S/C14H26N2O/c1-14(9-5-6-10-15-14)13(17)16(2)11-12-7-3-4-8-12/h12,15H,3-11H2,1-2H3. The molecule has 3 heteroatoms. The molecule has 98 valence electrons. The zero-order chi connectivity index (χ0) is 12.3. The Kier molecular flexibility index (Phi) is 4.08. The molecule has 0 aromatic carbocycles. The van der Waals surface area contributed by atoms with E-state index in [1.165, 1.54) is 38.5 Å². The number of carbonyl (C=O) groups is 1. The summed E-state index contributed by atoms with van der Waals surface area (Å²) in [5, 5.41) is 3.41. The highest BCUT2D eigenvalue weighted by atomic mass is 16.2. The first-order chi connectivity index (χ1) is 8.12. The van der Waals surface area contributed by atoms with E-state index < -0.39 is 0 Å². The van der Waals surface area contributed by atoms with Gasteiger partial charge in [-0.15, -0.1) is 0 Å². The Morgan fingerprint density at radius 1 is 1.29 bits per heavy atom. The van der Waals surface area contributed by atoms with Crippen LogP contribution in [0.3, 0.4) is 0 Å². The summed E-state index contributed by atoms with van der Waals surface area (Å²) < 4.78 is 0. The number of likely N-dealkylation sites (N-methyl/N-ethyl adjacent to an activating group) is 1. The molecule has 1 saturated heterocycles. The minimum Gasteiger partial charge on any atom is -0.344 e. The first-order valence-corrected chi connectivity index (χ1v) is 7.12. The molecule has 0 aromatic heterocycles. The molecular formula is C14H26N2O. The van der Waals surface area contributed by atoms with Gasteiger partial charge in [-0.05, 0) is 51.5 Å². The third-order valence-corrected chi connectivity index (χ3v) is 4.44. The van der Waals surface area contributed by atoms with Crippen LogP contribution in [0.15, 0.2) is 0 Å². The second-order valence-corrected chi connectivity index (χ2v) is 6.05.